The number of nitrogens with zero attached hydrogens (tertiary/aromatic N) is 5. The predicted octanol–water partition coefficient (Wildman–Crippen LogP) is 5.50. The van der Waals surface area contributed by atoms with Gasteiger partial charge in [0.25, 0.3) is 5.69 Å². The van der Waals surface area contributed by atoms with Crippen LogP contribution in [0.5, 0.6) is 0 Å². The fourth-order valence-corrected chi connectivity index (χ4v) is 7.50. The Morgan fingerprint density at radius 1 is 0.737 bits per heavy atom. The molecule has 3 saturated heterocycles. The molecule has 2 aromatic rings. The third kappa shape index (κ3) is 5.86. The highest BCUT2D eigenvalue weighted by molar-refractivity contribution is 7.89. The molecule has 0 radical (unpaired) electrons. The van der Waals surface area contributed by atoms with Crippen molar-refractivity contribution in [2.75, 3.05) is 49.1 Å². The summed E-state index contributed by atoms with van der Waals surface area (Å²) in [4.78, 5) is 20.5. The summed E-state index contributed by atoms with van der Waals surface area (Å²) in [7, 11) is -3.67. The van der Waals surface area contributed by atoms with E-state index in [1.54, 1.807) is 28.7 Å². The zero-order valence-electron chi connectivity index (χ0n) is 21.9. The Kier molecular flexibility index (Phi) is 8.28. The van der Waals surface area contributed by atoms with Crippen LogP contribution in [0.3, 0.4) is 0 Å². The maximum Gasteiger partial charge on any atom is 0.270 e. The lowest BCUT2D eigenvalue weighted by Gasteiger charge is -2.32. The van der Waals surface area contributed by atoms with Crippen molar-refractivity contribution in [2.45, 2.75) is 62.7 Å². The maximum absolute atomic E-state index is 13.8. The van der Waals surface area contributed by atoms with Crippen molar-refractivity contribution in [3.05, 3.63) is 52.1 Å². The van der Waals surface area contributed by atoms with Gasteiger partial charge in [-0.15, -0.1) is 0 Å². The van der Waals surface area contributed by atoms with Crippen molar-refractivity contribution in [2.24, 2.45) is 4.99 Å². The largest absolute Gasteiger partial charge is 0.371 e. The summed E-state index contributed by atoms with van der Waals surface area (Å²) in [6.45, 7) is 4.59. The van der Waals surface area contributed by atoms with E-state index in [0.29, 0.717) is 29.2 Å². The lowest BCUT2D eigenvalue weighted by molar-refractivity contribution is -0.384. The Bertz CT molecular complexity index is 1280. The second kappa shape index (κ2) is 11.8. The number of benzene rings is 2. The van der Waals surface area contributed by atoms with Crippen molar-refractivity contribution in [3.63, 3.8) is 0 Å². The van der Waals surface area contributed by atoms with Gasteiger partial charge < -0.3 is 9.80 Å². The number of hydrogen-bond acceptors (Lipinski definition) is 7. The molecule has 0 saturated carbocycles. The molecule has 38 heavy (non-hydrogen) atoms. The van der Waals surface area contributed by atoms with Gasteiger partial charge >= 0.3 is 0 Å². The van der Waals surface area contributed by atoms with Crippen molar-refractivity contribution < 1.29 is 13.3 Å². The molecule has 10 heteroatoms. The van der Waals surface area contributed by atoms with Crippen LogP contribution in [0.1, 0.15) is 63.4 Å². The van der Waals surface area contributed by atoms with Gasteiger partial charge in [0, 0.05) is 68.9 Å². The van der Waals surface area contributed by atoms with Crippen molar-refractivity contribution in [1.82, 2.24) is 4.31 Å². The first kappa shape index (κ1) is 26.6. The molecule has 0 aliphatic carbocycles. The molecule has 9 nitrogen and oxygen atoms in total. The van der Waals surface area contributed by atoms with Crippen LogP contribution >= 0.6 is 0 Å². The van der Waals surface area contributed by atoms with Crippen LogP contribution < -0.4 is 9.80 Å². The van der Waals surface area contributed by atoms with E-state index in [4.69, 9.17) is 0 Å². The van der Waals surface area contributed by atoms with Crippen LogP contribution in [0.4, 0.5) is 22.7 Å². The average Bonchev–Trinajstić information content (AvgIpc) is 2.97. The topological polar surface area (TPSA) is 99.4 Å². The Morgan fingerprint density at radius 2 is 1.29 bits per heavy atom. The van der Waals surface area contributed by atoms with Crippen LogP contribution in [0, 0.1) is 10.1 Å². The predicted molar refractivity (Wildman–Crippen MR) is 152 cm³/mol. The summed E-state index contributed by atoms with van der Waals surface area (Å²) in [6.07, 6.45) is 11.1. The average molecular weight is 540 g/mol. The number of aliphatic imine (C=N–C) groups is 1. The second-order valence-corrected chi connectivity index (χ2v) is 12.4. The van der Waals surface area contributed by atoms with E-state index in [2.05, 4.69) is 14.8 Å². The molecule has 2 aromatic carbocycles. The van der Waals surface area contributed by atoms with Crippen molar-refractivity contribution >= 4 is 39.0 Å². The van der Waals surface area contributed by atoms with Crippen LogP contribution in [0.25, 0.3) is 0 Å². The van der Waals surface area contributed by atoms with Gasteiger partial charge in [-0.25, -0.2) is 8.42 Å². The number of nitro benzene ring substituents is 1. The molecule has 0 spiro atoms. The number of rotatable bonds is 7. The first-order valence-electron chi connectivity index (χ1n) is 13.9. The first-order valence-corrected chi connectivity index (χ1v) is 15.3. The Hall–Kier alpha value is -2.98. The molecule has 204 valence electrons. The van der Waals surface area contributed by atoms with E-state index in [1.807, 2.05) is 12.1 Å². The van der Waals surface area contributed by atoms with Gasteiger partial charge in [0.15, 0.2) is 0 Å². The minimum atomic E-state index is -3.67. The highest BCUT2D eigenvalue weighted by Crippen LogP contribution is 2.35. The number of hydrogen-bond donors (Lipinski definition) is 0. The monoisotopic (exact) mass is 539 g/mol. The molecule has 0 amide bonds. The molecule has 0 atom stereocenters. The number of anilines is 2. The highest BCUT2D eigenvalue weighted by Gasteiger charge is 2.30. The van der Waals surface area contributed by atoms with Gasteiger partial charge in [0.2, 0.25) is 10.0 Å². The molecule has 3 fully saturated rings. The van der Waals surface area contributed by atoms with Crippen LogP contribution in [-0.2, 0) is 10.0 Å². The molecule has 3 aliphatic rings. The van der Waals surface area contributed by atoms with Crippen LogP contribution in [0.2, 0.25) is 0 Å². The van der Waals surface area contributed by atoms with E-state index >= 15 is 0 Å². The molecule has 3 heterocycles. The van der Waals surface area contributed by atoms with Gasteiger partial charge in [-0.1, -0.05) is 6.42 Å². The smallest absolute Gasteiger partial charge is 0.270 e. The zero-order chi connectivity index (χ0) is 26.5. The number of piperidine rings is 3. The van der Waals surface area contributed by atoms with E-state index < -0.39 is 14.9 Å². The van der Waals surface area contributed by atoms with Crippen molar-refractivity contribution in [3.8, 4) is 0 Å². The van der Waals surface area contributed by atoms with Gasteiger partial charge in [-0.05, 0) is 75.6 Å². The standard InChI is InChI=1S/C28H37N5O4S/c34-33(35)25-11-13-26(30-14-4-1-5-15-30)23(20-25)22-29-24-10-12-27(31-16-6-2-7-17-31)28(21-24)38(36,37)32-18-8-3-9-19-32/h10-13,20-22H,1-9,14-19H2. The lowest BCUT2D eigenvalue weighted by Crippen LogP contribution is -2.37. The maximum atomic E-state index is 13.8. The molecule has 0 bridgehead atoms. The molecule has 0 aromatic heterocycles. The van der Waals surface area contributed by atoms with E-state index in [0.717, 1.165) is 88.9 Å². The number of sulfonamides is 1. The van der Waals surface area contributed by atoms with E-state index in [-0.39, 0.29) is 5.69 Å². The summed E-state index contributed by atoms with van der Waals surface area (Å²) in [6, 6.07) is 10.3. The molecular weight excluding hydrogens is 502 g/mol. The minimum Gasteiger partial charge on any atom is -0.371 e. The van der Waals surface area contributed by atoms with E-state index in [1.165, 1.54) is 12.5 Å². The number of non-ortho nitro benzene ring substituents is 1. The first-order chi connectivity index (χ1) is 18.4. The summed E-state index contributed by atoms with van der Waals surface area (Å²) in [5.74, 6) is 0. The summed E-state index contributed by atoms with van der Waals surface area (Å²) in [5.41, 5.74) is 2.88. The summed E-state index contributed by atoms with van der Waals surface area (Å²) >= 11 is 0. The van der Waals surface area contributed by atoms with Gasteiger partial charge in [-0.3, -0.25) is 15.1 Å². The highest BCUT2D eigenvalue weighted by atomic mass is 32.2. The van der Waals surface area contributed by atoms with Gasteiger partial charge in [0.1, 0.15) is 4.90 Å². The van der Waals surface area contributed by atoms with E-state index in [9.17, 15) is 18.5 Å². The third-order valence-corrected chi connectivity index (χ3v) is 9.77. The number of nitro groups is 1. The Labute approximate surface area is 225 Å². The third-order valence-electron chi connectivity index (χ3n) is 7.84. The quantitative estimate of drug-likeness (QED) is 0.262. The molecular formula is C28H37N5O4S. The SMILES string of the molecule is O=[N+]([O-])c1ccc(N2CCCCC2)c(C=Nc2ccc(N3CCCCC3)c(S(=O)(=O)N3CCCCC3)c2)c1. The summed E-state index contributed by atoms with van der Waals surface area (Å²) < 4.78 is 29.3. The minimum absolute atomic E-state index is 0.0148. The molecule has 3 aliphatic heterocycles. The van der Waals surface area contributed by atoms with Crippen LogP contribution in [0.15, 0.2) is 46.3 Å². The zero-order valence-corrected chi connectivity index (χ0v) is 22.7. The lowest BCUT2D eigenvalue weighted by atomic mass is 10.1. The fourth-order valence-electron chi connectivity index (χ4n) is 5.76. The molecule has 5 rings (SSSR count). The Balaban J connectivity index is 1.52. The summed E-state index contributed by atoms with van der Waals surface area (Å²) in [5, 5.41) is 11.5. The molecule has 0 unspecified atom stereocenters. The molecule has 0 N–H and O–H groups in total. The van der Waals surface area contributed by atoms with Crippen LogP contribution in [-0.4, -0.2) is 63.1 Å². The fraction of sp³-hybridized carbons (Fsp3) is 0.536. The normalized spacial score (nSPS) is 19.7. The second-order valence-electron chi connectivity index (χ2n) is 10.5. The van der Waals surface area contributed by atoms with Gasteiger partial charge in [-0.2, -0.15) is 4.31 Å². The van der Waals surface area contributed by atoms with Gasteiger partial charge in [0.05, 0.1) is 16.3 Å². The van der Waals surface area contributed by atoms with Crippen molar-refractivity contribution in [1.29, 1.82) is 0 Å². The Morgan fingerprint density at radius 3 is 1.89 bits per heavy atom.